The predicted octanol–water partition coefficient (Wildman–Crippen LogP) is 4.43. The molecular weight excluding hydrogens is 262 g/mol. The maximum Gasteiger partial charge on any atom is 0.217 e. The van der Waals surface area contributed by atoms with Crippen molar-refractivity contribution in [2.75, 3.05) is 13.1 Å². The number of rotatable bonds is 6. The van der Waals surface area contributed by atoms with Crippen LogP contribution >= 0.6 is 0 Å². The number of Topliss-reactive ketones (excluding diaryl/α,β-unsaturated/α-hetero) is 1. The molecule has 0 spiro atoms. The topological polar surface area (TPSA) is 33.5 Å². The number of likely N-dealkylation sites (N-methyl/N-ethyl adjacent to an activating group) is 1. The van der Waals surface area contributed by atoms with Crippen LogP contribution in [0, 0.1) is 6.92 Å². The van der Waals surface area contributed by atoms with E-state index in [9.17, 15) is 4.79 Å². The Morgan fingerprint density at radius 2 is 1.90 bits per heavy atom. The number of nitrogens with zero attached hydrogens (tertiary/aromatic N) is 1. The first-order chi connectivity index (χ1) is 9.97. The van der Waals surface area contributed by atoms with Gasteiger partial charge in [-0.2, -0.15) is 0 Å². The molecule has 114 valence electrons. The summed E-state index contributed by atoms with van der Waals surface area (Å²) in [6, 6.07) is 7.86. The van der Waals surface area contributed by atoms with Gasteiger partial charge in [0.25, 0.3) is 0 Å². The van der Waals surface area contributed by atoms with E-state index in [0.717, 1.165) is 36.0 Å². The maximum atomic E-state index is 13.0. The van der Waals surface area contributed by atoms with Gasteiger partial charge in [0.15, 0.2) is 5.76 Å². The number of ketones is 1. The van der Waals surface area contributed by atoms with Gasteiger partial charge in [-0.25, -0.2) is 0 Å². The van der Waals surface area contributed by atoms with E-state index in [4.69, 9.17) is 4.42 Å². The molecule has 2 rings (SSSR count). The van der Waals surface area contributed by atoms with Gasteiger partial charge in [-0.05, 0) is 45.0 Å². The quantitative estimate of drug-likeness (QED) is 0.737. The molecule has 3 heteroatoms. The van der Waals surface area contributed by atoms with E-state index < -0.39 is 5.54 Å². The molecule has 0 radical (unpaired) electrons. The lowest BCUT2D eigenvalue weighted by atomic mass is 9.89. The molecule has 1 atom stereocenters. The molecule has 0 amide bonds. The maximum absolute atomic E-state index is 13.0. The van der Waals surface area contributed by atoms with E-state index >= 15 is 0 Å². The first-order valence-electron chi connectivity index (χ1n) is 7.76. The van der Waals surface area contributed by atoms with Crippen molar-refractivity contribution in [2.45, 2.75) is 46.6 Å². The molecule has 0 bridgehead atoms. The van der Waals surface area contributed by atoms with Gasteiger partial charge >= 0.3 is 0 Å². The van der Waals surface area contributed by atoms with Gasteiger partial charge in [0.05, 0.1) is 5.54 Å². The van der Waals surface area contributed by atoms with Crippen LogP contribution in [-0.4, -0.2) is 29.3 Å². The molecule has 1 aromatic heterocycles. The number of hydrogen-bond donors (Lipinski definition) is 0. The number of hydrogen-bond acceptors (Lipinski definition) is 3. The molecule has 0 aliphatic heterocycles. The van der Waals surface area contributed by atoms with Gasteiger partial charge in [-0.1, -0.05) is 39.0 Å². The van der Waals surface area contributed by atoms with E-state index in [1.807, 2.05) is 38.1 Å². The third kappa shape index (κ3) is 2.62. The molecule has 21 heavy (non-hydrogen) atoms. The van der Waals surface area contributed by atoms with Crippen molar-refractivity contribution in [1.29, 1.82) is 0 Å². The van der Waals surface area contributed by atoms with Crippen LogP contribution in [0.2, 0.25) is 0 Å². The minimum absolute atomic E-state index is 0.0734. The van der Waals surface area contributed by atoms with Crippen molar-refractivity contribution < 1.29 is 9.21 Å². The molecule has 0 saturated heterocycles. The van der Waals surface area contributed by atoms with Crippen molar-refractivity contribution in [1.82, 2.24) is 4.90 Å². The molecule has 0 fully saturated rings. The summed E-state index contributed by atoms with van der Waals surface area (Å²) in [5, 5.41) is 0.997. The van der Waals surface area contributed by atoms with Crippen LogP contribution in [0.25, 0.3) is 11.0 Å². The summed E-state index contributed by atoms with van der Waals surface area (Å²) in [4.78, 5) is 15.2. The first kappa shape index (κ1) is 15.8. The number of para-hydroxylation sites is 1. The number of carbonyl (C=O) groups is 1. The monoisotopic (exact) mass is 287 g/mol. The van der Waals surface area contributed by atoms with Crippen molar-refractivity contribution in [3.05, 3.63) is 35.6 Å². The van der Waals surface area contributed by atoms with Gasteiger partial charge in [0.1, 0.15) is 5.58 Å². The molecule has 0 N–H and O–H groups in total. The highest BCUT2D eigenvalue weighted by Gasteiger charge is 2.38. The fourth-order valence-corrected chi connectivity index (χ4v) is 3.04. The van der Waals surface area contributed by atoms with Crippen molar-refractivity contribution in [3.8, 4) is 0 Å². The third-order valence-electron chi connectivity index (χ3n) is 4.60. The lowest BCUT2D eigenvalue weighted by Crippen LogP contribution is -2.51. The second-order valence-corrected chi connectivity index (χ2v) is 5.73. The van der Waals surface area contributed by atoms with Crippen molar-refractivity contribution in [2.24, 2.45) is 0 Å². The summed E-state index contributed by atoms with van der Waals surface area (Å²) in [5.41, 5.74) is 1.37. The minimum atomic E-state index is -0.509. The molecule has 1 aromatic carbocycles. The second-order valence-electron chi connectivity index (χ2n) is 5.73. The van der Waals surface area contributed by atoms with Crippen molar-refractivity contribution >= 4 is 16.8 Å². The largest absolute Gasteiger partial charge is 0.453 e. The Bertz CT molecular complexity index is 640. The predicted molar refractivity (Wildman–Crippen MR) is 86.9 cm³/mol. The average molecular weight is 287 g/mol. The smallest absolute Gasteiger partial charge is 0.217 e. The Labute approximate surface area is 126 Å². The summed E-state index contributed by atoms with van der Waals surface area (Å²) in [6.45, 7) is 12.0. The number of furan rings is 1. The van der Waals surface area contributed by atoms with Gasteiger partial charge in [-0.15, -0.1) is 0 Å². The Morgan fingerprint density at radius 1 is 1.24 bits per heavy atom. The highest BCUT2D eigenvalue weighted by molar-refractivity contribution is 6.03. The molecule has 3 nitrogen and oxygen atoms in total. The van der Waals surface area contributed by atoms with E-state index in [2.05, 4.69) is 25.7 Å². The summed E-state index contributed by atoms with van der Waals surface area (Å²) >= 11 is 0. The highest BCUT2D eigenvalue weighted by atomic mass is 16.3. The van der Waals surface area contributed by atoms with Gasteiger partial charge in [-0.3, -0.25) is 9.69 Å². The standard InChI is InChI=1S/C18H25NO2/c1-6-18(5,19(7-2)8-3)17(20)15-12-14-11-9-10-13(4)16(14)21-15/h9-12H,6-8H2,1-5H3. The lowest BCUT2D eigenvalue weighted by Gasteiger charge is -2.37. The van der Waals surface area contributed by atoms with Crippen LogP contribution in [0.1, 0.15) is 50.2 Å². The van der Waals surface area contributed by atoms with Crippen molar-refractivity contribution in [3.63, 3.8) is 0 Å². The molecule has 2 aromatic rings. The molecule has 1 heterocycles. The highest BCUT2D eigenvalue weighted by Crippen LogP contribution is 2.29. The van der Waals surface area contributed by atoms with E-state index in [1.54, 1.807) is 0 Å². The minimum Gasteiger partial charge on any atom is -0.453 e. The van der Waals surface area contributed by atoms with Gasteiger partial charge in [0, 0.05) is 5.39 Å². The Morgan fingerprint density at radius 3 is 2.43 bits per heavy atom. The van der Waals surface area contributed by atoms with Crippen LogP contribution < -0.4 is 0 Å². The number of aryl methyl sites for hydroxylation is 1. The first-order valence-corrected chi connectivity index (χ1v) is 7.76. The zero-order valence-electron chi connectivity index (χ0n) is 13.7. The summed E-state index contributed by atoms with van der Waals surface area (Å²) in [6.07, 6.45) is 0.767. The average Bonchev–Trinajstić information content (AvgIpc) is 2.92. The molecular formula is C18H25NO2. The van der Waals surface area contributed by atoms with Crippen LogP contribution in [0.15, 0.2) is 28.7 Å². The van der Waals surface area contributed by atoms with Crippen LogP contribution in [0.4, 0.5) is 0 Å². The Hall–Kier alpha value is -1.61. The molecule has 0 aliphatic rings. The zero-order chi connectivity index (χ0) is 15.6. The Balaban J connectivity index is 2.47. The molecule has 1 unspecified atom stereocenters. The van der Waals surface area contributed by atoms with Gasteiger partial charge in [0.2, 0.25) is 5.78 Å². The number of benzene rings is 1. The van der Waals surface area contributed by atoms with E-state index in [-0.39, 0.29) is 5.78 Å². The molecule has 0 aliphatic carbocycles. The molecule has 0 saturated carbocycles. The normalized spacial score (nSPS) is 14.6. The third-order valence-corrected chi connectivity index (χ3v) is 4.60. The van der Waals surface area contributed by atoms with Crippen LogP contribution in [-0.2, 0) is 0 Å². The SMILES string of the molecule is CCN(CC)C(C)(CC)C(=O)c1cc2cccc(C)c2o1. The van der Waals surface area contributed by atoms with Gasteiger partial charge < -0.3 is 4.42 Å². The summed E-state index contributed by atoms with van der Waals surface area (Å²) < 4.78 is 5.87. The second kappa shape index (κ2) is 6.02. The lowest BCUT2D eigenvalue weighted by molar-refractivity contribution is 0.0580. The number of fused-ring (bicyclic) bond motifs is 1. The van der Waals surface area contributed by atoms with E-state index in [1.165, 1.54) is 0 Å². The number of carbonyl (C=O) groups excluding carboxylic acids is 1. The Kier molecular flexibility index (Phi) is 4.52. The van der Waals surface area contributed by atoms with Crippen LogP contribution in [0.3, 0.4) is 0 Å². The summed E-state index contributed by atoms with van der Waals surface area (Å²) in [7, 11) is 0. The van der Waals surface area contributed by atoms with Crippen LogP contribution in [0.5, 0.6) is 0 Å². The summed E-state index contributed by atoms with van der Waals surface area (Å²) in [5.74, 6) is 0.542. The fourth-order valence-electron chi connectivity index (χ4n) is 3.04. The van der Waals surface area contributed by atoms with E-state index in [0.29, 0.717) is 5.76 Å². The fraction of sp³-hybridized carbons (Fsp3) is 0.500. The zero-order valence-corrected chi connectivity index (χ0v) is 13.7.